The van der Waals surface area contributed by atoms with Gasteiger partial charge in [-0.25, -0.2) is 4.98 Å². The molecule has 4 rings (SSSR count). The number of rotatable bonds is 4. The monoisotopic (exact) mass is 362 g/mol. The van der Waals surface area contributed by atoms with Gasteiger partial charge in [-0.3, -0.25) is 4.79 Å². The number of aryl methyl sites for hydroxylation is 2. The molecule has 1 amide bonds. The Morgan fingerprint density at radius 1 is 1.12 bits per heavy atom. The summed E-state index contributed by atoms with van der Waals surface area (Å²) in [5.41, 5.74) is 4.70. The third-order valence-electron chi connectivity index (χ3n) is 4.37. The summed E-state index contributed by atoms with van der Waals surface area (Å²) in [7, 11) is 0. The summed E-state index contributed by atoms with van der Waals surface area (Å²) in [5, 5.41) is 7.01. The van der Waals surface area contributed by atoms with Crippen LogP contribution in [0.5, 0.6) is 0 Å². The van der Waals surface area contributed by atoms with Gasteiger partial charge in [-0.2, -0.15) is 0 Å². The van der Waals surface area contributed by atoms with Crippen molar-refractivity contribution in [3.8, 4) is 11.3 Å². The predicted octanol–water partition coefficient (Wildman–Crippen LogP) is 5.10. The van der Waals surface area contributed by atoms with Crippen LogP contribution in [0.4, 0.5) is 0 Å². The molecule has 26 heavy (non-hydrogen) atoms. The molecule has 2 heterocycles. The van der Waals surface area contributed by atoms with Crippen LogP contribution in [-0.2, 0) is 6.54 Å². The Labute approximate surface area is 155 Å². The summed E-state index contributed by atoms with van der Waals surface area (Å²) >= 11 is 1.64. The van der Waals surface area contributed by atoms with Crippen LogP contribution < -0.4 is 5.32 Å². The number of hydrogen-bond donors (Lipinski definition) is 1. The first kappa shape index (κ1) is 16.5. The van der Waals surface area contributed by atoms with E-state index in [1.165, 1.54) is 0 Å². The number of carbonyl (C=O) groups is 1. The van der Waals surface area contributed by atoms with Gasteiger partial charge in [-0.05, 0) is 25.5 Å². The van der Waals surface area contributed by atoms with Gasteiger partial charge in [0.05, 0.1) is 10.7 Å². The van der Waals surface area contributed by atoms with E-state index < -0.39 is 0 Å². The molecule has 0 aliphatic rings. The minimum Gasteiger partial charge on any atom is -0.451 e. The van der Waals surface area contributed by atoms with Crippen LogP contribution in [0.25, 0.3) is 22.2 Å². The van der Waals surface area contributed by atoms with Crippen molar-refractivity contribution in [1.29, 1.82) is 0 Å². The Balaban J connectivity index is 1.46. The lowest BCUT2D eigenvalue weighted by molar-refractivity contribution is 0.0924. The van der Waals surface area contributed by atoms with E-state index >= 15 is 0 Å². The number of benzene rings is 2. The van der Waals surface area contributed by atoms with E-state index in [0.717, 1.165) is 38.4 Å². The molecule has 0 radical (unpaired) electrons. The number of carbonyl (C=O) groups excluding carboxylic acids is 1. The molecule has 0 fully saturated rings. The number of amides is 1. The number of hydrogen-bond acceptors (Lipinski definition) is 4. The van der Waals surface area contributed by atoms with Gasteiger partial charge in [-0.15, -0.1) is 11.3 Å². The van der Waals surface area contributed by atoms with Gasteiger partial charge >= 0.3 is 0 Å². The molecule has 0 aliphatic carbocycles. The highest BCUT2D eigenvalue weighted by atomic mass is 32.1. The van der Waals surface area contributed by atoms with Crippen molar-refractivity contribution in [2.75, 3.05) is 0 Å². The molecule has 4 nitrogen and oxygen atoms in total. The molecule has 0 saturated carbocycles. The van der Waals surface area contributed by atoms with Crippen molar-refractivity contribution in [3.05, 3.63) is 75.8 Å². The molecule has 0 atom stereocenters. The standard InChI is InChI=1S/C21H18N2O2S/c1-13-17-5-3-4-6-19(17)25-20(13)21(24)22-11-15-7-9-16(10-8-15)18-12-26-14(2)23-18/h3-10,12H,11H2,1-2H3,(H,22,24). The Bertz CT molecular complexity index is 1080. The maximum Gasteiger partial charge on any atom is 0.287 e. The lowest BCUT2D eigenvalue weighted by Crippen LogP contribution is -2.22. The SMILES string of the molecule is Cc1nc(-c2ccc(CNC(=O)c3oc4ccccc4c3C)cc2)cs1. The van der Waals surface area contributed by atoms with Gasteiger partial charge in [-0.1, -0.05) is 42.5 Å². The van der Waals surface area contributed by atoms with Gasteiger partial charge in [0.15, 0.2) is 5.76 Å². The first-order chi connectivity index (χ1) is 12.6. The maximum atomic E-state index is 12.5. The summed E-state index contributed by atoms with van der Waals surface area (Å²) in [6, 6.07) is 15.8. The molecule has 4 aromatic rings. The summed E-state index contributed by atoms with van der Waals surface area (Å²) in [4.78, 5) is 17.0. The number of nitrogens with one attached hydrogen (secondary N) is 1. The van der Waals surface area contributed by atoms with E-state index in [1.54, 1.807) is 11.3 Å². The van der Waals surface area contributed by atoms with Crippen molar-refractivity contribution in [1.82, 2.24) is 10.3 Å². The predicted molar refractivity (Wildman–Crippen MR) is 104 cm³/mol. The van der Waals surface area contributed by atoms with E-state index in [-0.39, 0.29) is 5.91 Å². The van der Waals surface area contributed by atoms with E-state index in [9.17, 15) is 4.79 Å². The van der Waals surface area contributed by atoms with E-state index in [2.05, 4.69) is 15.7 Å². The second-order valence-electron chi connectivity index (χ2n) is 6.18. The Morgan fingerprint density at radius 2 is 1.88 bits per heavy atom. The van der Waals surface area contributed by atoms with Gasteiger partial charge in [0.2, 0.25) is 0 Å². The second-order valence-corrected chi connectivity index (χ2v) is 7.25. The van der Waals surface area contributed by atoms with E-state index in [0.29, 0.717) is 12.3 Å². The average Bonchev–Trinajstić information content (AvgIpc) is 3.24. The van der Waals surface area contributed by atoms with Crippen LogP contribution in [0.1, 0.15) is 26.7 Å². The van der Waals surface area contributed by atoms with Gasteiger partial charge in [0.1, 0.15) is 5.58 Å². The Kier molecular flexibility index (Phi) is 4.31. The fraction of sp³-hybridized carbons (Fsp3) is 0.143. The topological polar surface area (TPSA) is 55.1 Å². The smallest absolute Gasteiger partial charge is 0.287 e. The van der Waals surface area contributed by atoms with Gasteiger partial charge < -0.3 is 9.73 Å². The lowest BCUT2D eigenvalue weighted by atomic mass is 10.1. The molecular weight excluding hydrogens is 344 g/mol. The van der Waals surface area contributed by atoms with Crippen molar-refractivity contribution < 1.29 is 9.21 Å². The fourth-order valence-corrected chi connectivity index (χ4v) is 3.56. The molecule has 0 aliphatic heterocycles. The highest BCUT2D eigenvalue weighted by Gasteiger charge is 2.16. The summed E-state index contributed by atoms with van der Waals surface area (Å²) in [5.74, 6) is 0.179. The summed E-state index contributed by atoms with van der Waals surface area (Å²) < 4.78 is 5.71. The molecule has 130 valence electrons. The number of furan rings is 1. The normalized spacial score (nSPS) is 11.0. The van der Waals surface area contributed by atoms with Gasteiger partial charge in [0.25, 0.3) is 5.91 Å². The first-order valence-electron chi connectivity index (χ1n) is 8.39. The maximum absolute atomic E-state index is 12.5. The van der Waals surface area contributed by atoms with E-state index in [4.69, 9.17) is 4.42 Å². The van der Waals surface area contributed by atoms with Crippen LogP contribution in [0.3, 0.4) is 0 Å². The molecule has 1 N–H and O–H groups in total. The number of nitrogens with zero attached hydrogens (tertiary/aromatic N) is 1. The van der Waals surface area contributed by atoms with Crippen LogP contribution in [0, 0.1) is 13.8 Å². The third-order valence-corrected chi connectivity index (χ3v) is 5.15. The Morgan fingerprint density at radius 3 is 2.58 bits per heavy atom. The first-order valence-corrected chi connectivity index (χ1v) is 9.27. The average molecular weight is 362 g/mol. The second kappa shape index (κ2) is 6.77. The van der Waals surface area contributed by atoms with Crippen molar-refractivity contribution >= 4 is 28.2 Å². The van der Waals surface area contributed by atoms with E-state index in [1.807, 2.05) is 62.4 Å². The van der Waals surface area contributed by atoms with Crippen LogP contribution in [-0.4, -0.2) is 10.9 Å². The Hall–Kier alpha value is -2.92. The molecule has 0 saturated heterocycles. The largest absolute Gasteiger partial charge is 0.451 e. The highest BCUT2D eigenvalue weighted by molar-refractivity contribution is 7.09. The van der Waals surface area contributed by atoms with Gasteiger partial charge in [0, 0.05) is 28.4 Å². The van der Waals surface area contributed by atoms with Crippen molar-refractivity contribution in [3.63, 3.8) is 0 Å². The number of aromatic nitrogens is 1. The lowest BCUT2D eigenvalue weighted by Gasteiger charge is -2.05. The van der Waals surface area contributed by atoms with Crippen molar-refractivity contribution in [2.24, 2.45) is 0 Å². The molecule has 2 aromatic heterocycles. The molecular formula is C21H18N2O2S. The zero-order valence-corrected chi connectivity index (χ0v) is 15.4. The number of para-hydroxylation sites is 1. The summed E-state index contributed by atoms with van der Waals surface area (Å²) in [6.45, 7) is 4.36. The van der Waals surface area contributed by atoms with Crippen LogP contribution in [0.15, 0.2) is 58.3 Å². The molecule has 0 spiro atoms. The molecule has 0 bridgehead atoms. The number of thiazole rings is 1. The quantitative estimate of drug-likeness (QED) is 0.549. The zero-order valence-electron chi connectivity index (χ0n) is 14.6. The highest BCUT2D eigenvalue weighted by Crippen LogP contribution is 2.25. The summed E-state index contributed by atoms with van der Waals surface area (Å²) in [6.07, 6.45) is 0. The number of fused-ring (bicyclic) bond motifs is 1. The van der Waals surface area contributed by atoms with Crippen LogP contribution in [0.2, 0.25) is 0 Å². The molecule has 0 unspecified atom stereocenters. The third kappa shape index (κ3) is 3.13. The minimum atomic E-state index is -0.196. The fourth-order valence-electron chi connectivity index (χ4n) is 2.94. The molecule has 2 aromatic carbocycles. The van der Waals surface area contributed by atoms with Crippen LogP contribution >= 0.6 is 11.3 Å². The zero-order chi connectivity index (χ0) is 18.1. The van der Waals surface area contributed by atoms with Crippen molar-refractivity contribution in [2.45, 2.75) is 20.4 Å². The minimum absolute atomic E-state index is 0.196. The molecule has 5 heteroatoms.